The van der Waals surface area contributed by atoms with Gasteiger partial charge < -0.3 is 47.7 Å². The zero-order valence-electron chi connectivity index (χ0n) is 41.1. The minimum absolute atomic E-state index is 0. The number of carbonyl (C=O) groups excluding carboxylic acids is 4. The molecule has 78 heavy (non-hydrogen) atoms. The zero-order chi connectivity index (χ0) is 51.9. The Morgan fingerprint density at radius 3 is 1.21 bits per heavy atom. The number of thioether (sulfide) groups is 3. The highest BCUT2D eigenvalue weighted by Gasteiger charge is 2.52. The third-order valence-electron chi connectivity index (χ3n) is 9.38. The molecule has 468 valence electrons. The molecule has 0 bridgehead atoms. The Balaban J connectivity index is -0.000000152. The maximum Gasteiger partial charge on any atom is 0.697 e. The van der Waals surface area contributed by atoms with Crippen molar-refractivity contribution < 1.29 is 94.1 Å². The third-order valence-corrected chi connectivity index (χ3v) is 13.7. The SMILES string of the molecule is C.C.C.C.C.C.C.C.C=CSCCCC(=O)O[C@@H]1COC2C1OC[C@@H]2OC(=O)CCCC(=C)S.CCO[P+](=O)OCC.CCO[P+](=O)OCC.CSCOCCCC(=O)O[C@H]1COC2C1OC[C@H]2OC(=O)CCCSCCO. The molecule has 4 aliphatic heterocycles. The van der Waals surface area contributed by atoms with Gasteiger partial charge in [-0.05, 0) is 87.9 Å². The van der Waals surface area contributed by atoms with E-state index in [9.17, 15) is 28.3 Å². The monoisotopic (exact) mass is 1240 g/mol. The van der Waals surface area contributed by atoms with Gasteiger partial charge in [-0.15, -0.1) is 54.2 Å². The van der Waals surface area contributed by atoms with Crippen molar-refractivity contribution in [3.05, 3.63) is 23.5 Å². The minimum Gasteiger partial charge on any atom is -0.457 e. The van der Waals surface area contributed by atoms with Crippen LogP contribution in [0.1, 0.15) is 145 Å². The Hall–Kier alpha value is -1.44. The van der Waals surface area contributed by atoms with Crippen LogP contribution < -0.4 is 0 Å². The molecule has 0 aromatic rings. The average Bonchev–Trinajstić information content (AvgIpc) is 4.11. The van der Waals surface area contributed by atoms with Gasteiger partial charge >= 0.3 is 40.4 Å². The molecule has 20 nitrogen and oxygen atoms in total. The van der Waals surface area contributed by atoms with Gasteiger partial charge in [0.1, 0.15) is 50.8 Å². The van der Waals surface area contributed by atoms with Crippen LogP contribution in [0.3, 0.4) is 0 Å². The molecule has 8 atom stereocenters. The average molecular weight is 1240 g/mol. The van der Waals surface area contributed by atoms with Gasteiger partial charge in [0.15, 0.2) is 24.4 Å². The van der Waals surface area contributed by atoms with Gasteiger partial charge in [-0.2, -0.15) is 11.8 Å². The summed E-state index contributed by atoms with van der Waals surface area (Å²) in [6.45, 7) is 17.8. The van der Waals surface area contributed by atoms with Crippen LogP contribution in [-0.4, -0.2) is 173 Å². The van der Waals surface area contributed by atoms with Gasteiger partial charge in [-0.3, -0.25) is 19.2 Å². The molecule has 4 unspecified atom stereocenters. The van der Waals surface area contributed by atoms with Crippen LogP contribution in [0.4, 0.5) is 0 Å². The highest BCUT2D eigenvalue weighted by molar-refractivity contribution is 8.02. The van der Waals surface area contributed by atoms with E-state index in [1.165, 1.54) is 0 Å². The zero-order valence-corrected chi connectivity index (χ0v) is 46.3. The summed E-state index contributed by atoms with van der Waals surface area (Å²) in [5, 5.41) is 10.5. The molecule has 0 aromatic carbocycles. The highest BCUT2D eigenvalue weighted by atomic mass is 32.2. The number of carbonyl (C=O) groups is 4. The number of aliphatic hydroxyl groups is 1. The molecular formula is C52H108O20P2S4+2. The molecule has 0 amide bonds. The van der Waals surface area contributed by atoms with Crippen LogP contribution in [0, 0.1) is 0 Å². The number of aliphatic hydroxyl groups excluding tert-OH is 1. The van der Waals surface area contributed by atoms with Crippen molar-refractivity contribution in [3.8, 4) is 0 Å². The van der Waals surface area contributed by atoms with Crippen LogP contribution in [0.5, 0.6) is 0 Å². The van der Waals surface area contributed by atoms with E-state index in [2.05, 4.69) is 43.9 Å². The third kappa shape index (κ3) is 43.3. The standard InChI is InChI=1S/C18H30O8S2.C18H26O6S2.2C4H10O3P.8CH4/c1-27-12-22-7-2-4-15(20)25-13-10-23-18-14(11-24-17(13)18)26-16(21)5-3-8-28-9-6-19;1-3-26-9-5-8-16(20)24-14-11-22-17-13(10-21-18(14)17)23-15(19)7-4-6-12(2)25;2*1-3-6-8(5)7-4-2;;;;;;;;/h13-14,17-19H,2-12H2,1H3;3,13-14,17-18,25H,1-2,4-11H2;2*3-4H2,1-2H3;8*1H4/q;;2*+1;;;;;;;;/t2*13-,14+,17?,18?;;;;;;;;;;/m00........../s1. The van der Waals surface area contributed by atoms with Crippen molar-refractivity contribution in [1.29, 1.82) is 0 Å². The van der Waals surface area contributed by atoms with E-state index >= 15 is 0 Å². The number of ether oxygens (including phenoxy) is 9. The Morgan fingerprint density at radius 1 is 0.564 bits per heavy atom. The number of rotatable bonds is 33. The van der Waals surface area contributed by atoms with Gasteiger partial charge in [0, 0.05) is 47.2 Å². The lowest BCUT2D eigenvalue weighted by Crippen LogP contribution is -2.36. The molecule has 4 saturated heterocycles. The molecule has 0 spiro atoms. The molecule has 4 fully saturated rings. The van der Waals surface area contributed by atoms with Crippen LogP contribution in [0.2, 0.25) is 0 Å². The van der Waals surface area contributed by atoms with Crippen molar-refractivity contribution in [2.45, 2.75) is 194 Å². The minimum atomic E-state index is -1.83. The first-order valence-electron chi connectivity index (χ1n) is 23.3. The summed E-state index contributed by atoms with van der Waals surface area (Å²) >= 11 is 8.87. The van der Waals surface area contributed by atoms with Crippen molar-refractivity contribution in [2.24, 2.45) is 0 Å². The van der Waals surface area contributed by atoms with E-state index in [1.54, 1.807) is 68.4 Å². The maximum absolute atomic E-state index is 12.0. The fourth-order valence-corrected chi connectivity index (χ4v) is 9.03. The number of esters is 4. The normalized spacial score (nSPS) is 20.3. The van der Waals surface area contributed by atoms with Gasteiger partial charge in [0.05, 0.1) is 39.0 Å². The van der Waals surface area contributed by atoms with Gasteiger partial charge in [-0.1, -0.05) is 72.6 Å². The van der Waals surface area contributed by atoms with Crippen molar-refractivity contribution in [1.82, 2.24) is 0 Å². The summed E-state index contributed by atoms with van der Waals surface area (Å²) in [6, 6.07) is 0. The smallest absolute Gasteiger partial charge is 0.457 e. The van der Waals surface area contributed by atoms with E-state index < -0.39 is 53.1 Å². The predicted molar refractivity (Wildman–Crippen MR) is 325 cm³/mol. The largest absolute Gasteiger partial charge is 0.697 e. The Kier molecular flexibility index (Phi) is 71.7. The maximum atomic E-state index is 12.0. The van der Waals surface area contributed by atoms with E-state index in [1.807, 2.05) is 6.26 Å². The van der Waals surface area contributed by atoms with Crippen molar-refractivity contribution >= 4 is 88.3 Å². The lowest BCUT2D eigenvalue weighted by molar-refractivity contribution is -0.157. The summed E-state index contributed by atoms with van der Waals surface area (Å²) in [5.41, 5.74) is 0. The molecule has 26 heteroatoms. The second-order valence-corrected chi connectivity index (χ2v) is 20.5. The van der Waals surface area contributed by atoms with E-state index in [4.69, 9.17) is 47.7 Å². The van der Waals surface area contributed by atoms with Crippen LogP contribution >= 0.6 is 64.4 Å². The topological polar surface area (TPSA) is 243 Å². The number of thiol groups is 1. The Bertz CT molecular complexity index is 1450. The number of hydrogen-bond donors (Lipinski definition) is 2. The lowest BCUT2D eigenvalue weighted by Gasteiger charge is -2.17. The fourth-order valence-electron chi connectivity index (χ4n) is 6.44. The van der Waals surface area contributed by atoms with E-state index in [0.29, 0.717) is 89.7 Å². The lowest BCUT2D eigenvalue weighted by atomic mass is 10.1. The molecule has 4 aliphatic rings. The van der Waals surface area contributed by atoms with E-state index in [-0.39, 0.29) is 135 Å². The molecule has 0 saturated carbocycles. The molecule has 1 N–H and O–H groups in total. The summed E-state index contributed by atoms with van der Waals surface area (Å²) in [6.07, 6.45) is 3.19. The summed E-state index contributed by atoms with van der Waals surface area (Å²) in [5.74, 6) is 1.79. The first-order chi connectivity index (χ1) is 33.8. The first-order valence-corrected chi connectivity index (χ1v) is 29.6. The number of fused-ring (bicyclic) bond motifs is 2. The molecule has 0 radical (unpaired) electrons. The van der Waals surface area contributed by atoms with Crippen LogP contribution in [0.15, 0.2) is 23.5 Å². The Labute approximate surface area is 492 Å². The first kappa shape index (κ1) is 93.0. The van der Waals surface area contributed by atoms with Gasteiger partial charge in [0.25, 0.3) is 0 Å². The summed E-state index contributed by atoms with van der Waals surface area (Å²) in [4.78, 5) is 48.5. The molecule has 4 heterocycles. The van der Waals surface area contributed by atoms with Crippen LogP contribution in [-0.2, 0) is 89.0 Å². The molecule has 0 aliphatic carbocycles. The predicted octanol–water partition coefficient (Wildman–Crippen LogP) is 12.6. The number of allylic oxidation sites excluding steroid dienone is 1. The molecular weight excluding hydrogens is 1130 g/mol. The van der Waals surface area contributed by atoms with Crippen molar-refractivity contribution in [3.63, 3.8) is 0 Å². The van der Waals surface area contributed by atoms with Crippen molar-refractivity contribution in [2.75, 3.05) is 95.5 Å². The van der Waals surface area contributed by atoms with Gasteiger partial charge in [0.2, 0.25) is 0 Å². The molecule has 0 aromatic heterocycles. The second-order valence-electron chi connectivity index (χ2n) is 14.8. The molecule has 4 rings (SSSR count). The summed E-state index contributed by atoms with van der Waals surface area (Å²) < 4.78 is 88.9. The fraction of sp³-hybridized carbons (Fsp3) is 0.846. The highest BCUT2D eigenvalue weighted by Crippen LogP contribution is 2.33. The number of hydrogen-bond acceptors (Lipinski definition) is 24. The second kappa shape index (κ2) is 60.2. The van der Waals surface area contributed by atoms with Crippen LogP contribution in [0.25, 0.3) is 0 Å². The van der Waals surface area contributed by atoms with Gasteiger partial charge in [-0.25, -0.2) is 0 Å². The summed E-state index contributed by atoms with van der Waals surface area (Å²) in [7, 11) is -3.66. The van der Waals surface area contributed by atoms with E-state index in [0.717, 1.165) is 22.8 Å². The Morgan fingerprint density at radius 2 is 0.897 bits per heavy atom. The quantitative estimate of drug-likeness (QED) is 0.0155.